The molecule has 3 heteroatoms. The Labute approximate surface area is 77.4 Å². The third kappa shape index (κ3) is 1.69. The predicted molar refractivity (Wildman–Crippen MR) is 50.6 cm³/mol. The van der Waals surface area contributed by atoms with E-state index in [0.717, 1.165) is 31.6 Å². The Hall–Kier alpha value is -1.38. The second-order valence-electron chi connectivity index (χ2n) is 3.32. The molecule has 0 radical (unpaired) electrons. The monoisotopic (exact) mass is 176 g/mol. The molecule has 68 valence electrons. The molecule has 0 aliphatic carbocycles. The Kier molecular flexibility index (Phi) is 2.25. The minimum atomic E-state index is 0.196. The van der Waals surface area contributed by atoms with E-state index in [2.05, 4.69) is 9.88 Å². The van der Waals surface area contributed by atoms with Gasteiger partial charge in [0.25, 0.3) is 0 Å². The fourth-order valence-electron chi connectivity index (χ4n) is 1.65. The van der Waals surface area contributed by atoms with Gasteiger partial charge in [0.2, 0.25) is 0 Å². The van der Waals surface area contributed by atoms with Crippen molar-refractivity contribution in [1.82, 2.24) is 4.98 Å². The van der Waals surface area contributed by atoms with Crippen molar-refractivity contribution in [2.45, 2.75) is 6.42 Å². The summed E-state index contributed by atoms with van der Waals surface area (Å²) in [6.45, 7) is 1.76. The zero-order valence-corrected chi connectivity index (χ0v) is 7.39. The van der Waals surface area contributed by atoms with E-state index >= 15 is 0 Å². The first-order valence-corrected chi connectivity index (χ1v) is 4.51. The van der Waals surface area contributed by atoms with Crippen LogP contribution in [0.15, 0.2) is 24.4 Å². The minimum absolute atomic E-state index is 0.196. The molecule has 1 aromatic heterocycles. The highest BCUT2D eigenvalue weighted by Crippen LogP contribution is 2.19. The van der Waals surface area contributed by atoms with Crippen LogP contribution >= 0.6 is 0 Å². The maximum absolute atomic E-state index is 10.5. The van der Waals surface area contributed by atoms with E-state index in [1.165, 1.54) is 0 Å². The molecule has 1 fully saturated rings. The normalized spacial score (nSPS) is 21.8. The summed E-state index contributed by atoms with van der Waals surface area (Å²) in [4.78, 5) is 16.9. The van der Waals surface area contributed by atoms with Gasteiger partial charge in [0.1, 0.15) is 12.1 Å². The fourth-order valence-corrected chi connectivity index (χ4v) is 1.65. The summed E-state index contributed by atoms with van der Waals surface area (Å²) in [5, 5.41) is 0. The Balaban J connectivity index is 2.08. The largest absolute Gasteiger partial charge is 0.356 e. The zero-order chi connectivity index (χ0) is 9.10. The number of hydrogen-bond acceptors (Lipinski definition) is 3. The second kappa shape index (κ2) is 3.56. The predicted octanol–water partition coefficient (Wildman–Crippen LogP) is 1.11. The zero-order valence-electron chi connectivity index (χ0n) is 7.39. The molecule has 1 aromatic rings. The lowest BCUT2D eigenvalue weighted by molar-refractivity contribution is -0.110. The topological polar surface area (TPSA) is 33.2 Å². The number of pyridine rings is 1. The summed E-state index contributed by atoms with van der Waals surface area (Å²) in [7, 11) is 0. The Morgan fingerprint density at radius 1 is 1.54 bits per heavy atom. The smallest absolute Gasteiger partial charge is 0.128 e. The number of hydrogen-bond donors (Lipinski definition) is 0. The summed E-state index contributed by atoms with van der Waals surface area (Å²) < 4.78 is 0. The molecule has 2 rings (SSSR count). The number of nitrogens with zero attached hydrogens (tertiary/aromatic N) is 2. The number of rotatable bonds is 2. The van der Waals surface area contributed by atoms with E-state index in [0.29, 0.717) is 0 Å². The number of carbonyl (C=O) groups excluding carboxylic acids is 1. The third-order valence-electron chi connectivity index (χ3n) is 2.39. The molecule has 0 saturated carbocycles. The van der Waals surface area contributed by atoms with Gasteiger partial charge in [-0.3, -0.25) is 0 Å². The van der Waals surface area contributed by atoms with Crippen LogP contribution in [0.5, 0.6) is 0 Å². The van der Waals surface area contributed by atoms with Crippen LogP contribution in [-0.4, -0.2) is 24.4 Å². The van der Waals surface area contributed by atoms with Gasteiger partial charge in [-0.05, 0) is 18.6 Å². The summed E-state index contributed by atoms with van der Waals surface area (Å²) >= 11 is 0. The molecule has 1 saturated heterocycles. The number of carbonyl (C=O) groups is 1. The Bertz CT molecular complexity index is 286. The Morgan fingerprint density at radius 2 is 2.46 bits per heavy atom. The lowest BCUT2D eigenvalue weighted by Crippen LogP contribution is -2.20. The van der Waals surface area contributed by atoms with Gasteiger partial charge < -0.3 is 9.69 Å². The molecule has 0 aromatic carbocycles. The van der Waals surface area contributed by atoms with Crippen LogP contribution in [0.2, 0.25) is 0 Å². The van der Waals surface area contributed by atoms with Crippen LogP contribution in [0.3, 0.4) is 0 Å². The van der Waals surface area contributed by atoms with Crippen LogP contribution in [0.4, 0.5) is 5.82 Å². The molecule has 1 atom stereocenters. The van der Waals surface area contributed by atoms with E-state index in [1.54, 1.807) is 6.20 Å². The van der Waals surface area contributed by atoms with E-state index in [4.69, 9.17) is 0 Å². The molecule has 0 unspecified atom stereocenters. The quantitative estimate of drug-likeness (QED) is 0.633. The van der Waals surface area contributed by atoms with Crippen molar-refractivity contribution < 1.29 is 4.79 Å². The molecule has 0 bridgehead atoms. The van der Waals surface area contributed by atoms with Gasteiger partial charge in [0.15, 0.2) is 0 Å². The summed E-state index contributed by atoms with van der Waals surface area (Å²) in [6.07, 6.45) is 3.78. The van der Waals surface area contributed by atoms with Crippen molar-refractivity contribution in [1.29, 1.82) is 0 Å². The van der Waals surface area contributed by atoms with Crippen molar-refractivity contribution in [2.24, 2.45) is 5.92 Å². The van der Waals surface area contributed by atoms with Gasteiger partial charge >= 0.3 is 0 Å². The molecule has 0 spiro atoms. The number of aldehydes is 1. The van der Waals surface area contributed by atoms with Crippen molar-refractivity contribution in [3.8, 4) is 0 Å². The molecule has 3 nitrogen and oxygen atoms in total. The van der Waals surface area contributed by atoms with E-state index < -0.39 is 0 Å². The SMILES string of the molecule is O=C[C@H]1CCN(c2ccccn2)C1. The molecule has 1 aliphatic heterocycles. The number of aromatic nitrogens is 1. The van der Waals surface area contributed by atoms with E-state index in [1.807, 2.05) is 18.2 Å². The molecule has 2 heterocycles. The van der Waals surface area contributed by atoms with Gasteiger partial charge in [-0.2, -0.15) is 0 Å². The highest BCUT2D eigenvalue weighted by Gasteiger charge is 2.22. The van der Waals surface area contributed by atoms with Crippen LogP contribution in [-0.2, 0) is 4.79 Å². The van der Waals surface area contributed by atoms with Crippen molar-refractivity contribution in [3.63, 3.8) is 0 Å². The lowest BCUT2D eigenvalue weighted by atomic mass is 10.1. The van der Waals surface area contributed by atoms with Crippen molar-refractivity contribution in [3.05, 3.63) is 24.4 Å². The molecule has 0 amide bonds. The fraction of sp³-hybridized carbons (Fsp3) is 0.400. The molecule has 0 N–H and O–H groups in total. The Morgan fingerprint density at radius 3 is 3.08 bits per heavy atom. The lowest BCUT2D eigenvalue weighted by Gasteiger charge is -2.15. The molecular weight excluding hydrogens is 164 g/mol. The van der Waals surface area contributed by atoms with Gasteiger partial charge in [0.05, 0.1) is 0 Å². The summed E-state index contributed by atoms with van der Waals surface area (Å²) in [5.74, 6) is 1.17. The van der Waals surface area contributed by atoms with Crippen LogP contribution < -0.4 is 4.90 Å². The van der Waals surface area contributed by atoms with Crippen LogP contribution in [0.25, 0.3) is 0 Å². The first-order chi connectivity index (χ1) is 6.40. The highest BCUT2D eigenvalue weighted by atomic mass is 16.1. The highest BCUT2D eigenvalue weighted by molar-refractivity contribution is 5.57. The van der Waals surface area contributed by atoms with Gasteiger partial charge in [0, 0.05) is 25.2 Å². The molecule has 13 heavy (non-hydrogen) atoms. The van der Waals surface area contributed by atoms with Crippen LogP contribution in [0, 0.1) is 5.92 Å². The second-order valence-corrected chi connectivity index (χ2v) is 3.32. The van der Waals surface area contributed by atoms with Gasteiger partial charge in [-0.15, -0.1) is 0 Å². The minimum Gasteiger partial charge on any atom is -0.356 e. The average molecular weight is 176 g/mol. The maximum Gasteiger partial charge on any atom is 0.128 e. The first-order valence-electron chi connectivity index (χ1n) is 4.51. The van der Waals surface area contributed by atoms with Gasteiger partial charge in [-0.25, -0.2) is 4.98 Å². The summed E-state index contributed by atoms with van der Waals surface area (Å²) in [5.41, 5.74) is 0. The van der Waals surface area contributed by atoms with Crippen LogP contribution in [0.1, 0.15) is 6.42 Å². The van der Waals surface area contributed by atoms with Crippen molar-refractivity contribution >= 4 is 12.1 Å². The standard InChI is InChI=1S/C10H12N2O/c13-8-9-4-6-12(7-9)10-3-1-2-5-11-10/h1-3,5,8-9H,4,6-7H2/t9-/m0/s1. The maximum atomic E-state index is 10.5. The molecular formula is C10H12N2O. The average Bonchev–Trinajstić information content (AvgIpc) is 2.67. The molecule has 1 aliphatic rings. The summed E-state index contributed by atoms with van der Waals surface area (Å²) in [6, 6.07) is 5.85. The number of anilines is 1. The van der Waals surface area contributed by atoms with Gasteiger partial charge in [-0.1, -0.05) is 6.07 Å². The van der Waals surface area contributed by atoms with Crippen molar-refractivity contribution in [2.75, 3.05) is 18.0 Å². The van der Waals surface area contributed by atoms with E-state index in [-0.39, 0.29) is 5.92 Å². The third-order valence-corrected chi connectivity index (χ3v) is 2.39. The van der Waals surface area contributed by atoms with E-state index in [9.17, 15) is 4.79 Å². The first kappa shape index (κ1) is 8.23.